The number of amides is 1. The van der Waals surface area contributed by atoms with E-state index in [1.54, 1.807) is 7.11 Å². The molecule has 140 valence electrons. The lowest BCUT2D eigenvalue weighted by molar-refractivity contribution is 0.0173. The monoisotopic (exact) mass is 348 g/mol. The van der Waals surface area contributed by atoms with E-state index in [0.29, 0.717) is 11.8 Å². The highest BCUT2D eigenvalue weighted by molar-refractivity contribution is 5.68. The van der Waals surface area contributed by atoms with Crippen LogP contribution in [0.4, 0.5) is 4.79 Å². The number of rotatable bonds is 5. The second-order valence-corrected chi connectivity index (χ2v) is 7.71. The van der Waals surface area contributed by atoms with Crippen molar-refractivity contribution >= 4 is 6.09 Å². The third-order valence-electron chi connectivity index (χ3n) is 4.72. The van der Waals surface area contributed by atoms with Crippen molar-refractivity contribution in [3.05, 3.63) is 29.8 Å². The first-order chi connectivity index (χ1) is 11.9. The molecule has 0 bridgehead atoms. The van der Waals surface area contributed by atoms with Crippen LogP contribution in [0.25, 0.3) is 0 Å². The van der Waals surface area contributed by atoms with Gasteiger partial charge in [0.1, 0.15) is 11.4 Å². The van der Waals surface area contributed by atoms with Crippen LogP contribution in [0.2, 0.25) is 0 Å². The van der Waals surface area contributed by atoms with Crippen LogP contribution in [0.15, 0.2) is 24.3 Å². The number of nitrogens with zero attached hydrogens (tertiary/aromatic N) is 1. The number of benzene rings is 1. The smallest absolute Gasteiger partial charge is 0.410 e. The number of methoxy groups -OCH3 is 1. The molecule has 2 rings (SSSR count). The van der Waals surface area contributed by atoms with Crippen LogP contribution in [0, 0.1) is 5.92 Å². The fraction of sp³-hybridized carbons (Fsp3) is 0.650. The fourth-order valence-corrected chi connectivity index (χ4v) is 3.53. The van der Waals surface area contributed by atoms with Gasteiger partial charge in [-0.2, -0.15) is 0 Å². The van der Waals surface area contributed by atoms with Crippen molar-refractivity contribution in [1.29, 1.82) is 0 Å². The molecule has 0 saturated carbocycles. The molecule has 1 unspecified atom stereocenters. The van der Waals surface area contributed by atoms with Crippen LogP contribution in [0.1, 0.15) is 45.1 Å². The molecule has 5 heteroatoms. The van der Waals surface area contributed by atoms with E-state index < -0.39 is 5.60 Å². The summed E-state index contributed by atoms with van der Waals surface area (Å²) in [6, 6.07) is 8.25. The molecule has 0 aromatic heterocycles. The van der Waals surface area contributed by atoms with Gasteiger partial charge in [-0.3, -0.25) is 0 Å². The number of carbonyl (C=O) groups excluding carboxylic acids is 1. The molecular formula is C20H32N2O3. The molecule has 1 aromatic rings. The van der Waals surface area contributed by atoms with E-state index in [4.69, 9.17) is 9.47 Å². The molecule has 1 saturated heterocycles. The number of likely N-dealkylation sites (N-methyl/N-ethyl adjacent to an activating group) is 1. The summed E-state index contributed by atoms with van der Waals surface area (Å²) in [6.07, 6.45) is 1.75. The summed E-state index contributed by atoms with van der Waals surface area (Å²) in [5.41, 5.74) is 0.801. The molecule has 1 heterocycles. The van der Waals surface area contributed by atoms with E-state index in [1.165, 1.54) is 5.56 Å². The van der Waals surface area contributed by atoms with Gasteiger partial charge in [0, 0.05) is 25.6 Å². The Morgan fingerprint density at radius 1 is 1.28 bits per heavy atom. The van der Waals surface area contributed by atoms with E-state index in [9.17, 15) is 4.79 Å². The van der Waals surface area contributed by atoms with Crippen molar-refractivity contribution in [1.82, 2.24) is 10.2 Å². The Morgan fingerprint density at radius 3 is 2.48 bits per heavy atom. The van der Waals surface area contributed by atoms with Crippen LogP contribution < -0.4 is 10.1 Å². The Bertz CT molecular complexity index is 560. The second kappa shape index (κ2) is 8.56. The first-order valence-electron chi connectivity index (χ1n) is 9.11. The Hall–Kier alpha value is -1.75. The average molecular weight is 348 g/mol. The van der Waals surface area contributed by atoms with Gasteiger partial charge in [-0.15, -0.1) is 0 Å². The highest BCUT2D eigenvalue weighted by Crippen LogP contribution is 2.37. The van der Waals surface area contributed by atoms with Gasteiger partial charge in [0.15, 0.2) is 0 Å². The summed E-state index contributed by atoms with van der Waals surface area (Å²) in [6.45, 7) is 8.11. The number of hydrogen-bond acceptors (Lipinski definition) is 4. The molecule has 1 fully saturated rings. The third-order valence-corrected chi connectivity index (χ3v) is 4.72. The number of hydrogen-bond donors (Lipinski definition) is 1. The summed E-state index contributed by atoms with van der Waals surface area (Å²) in [5, 5.41) is 3.32. The second-order valence-electron chi connectivity index (χ2n) is 7.71. The number of likely N-dealkylation sites (tertiary alicyclic amines) is 1. The van der Waals surface area contributed by atoms with E-state index >= 15 is 0 Å². The average Bonchev–Trinajstić information content (AvgIpc) is 2.58. The van der Waals surface area contributed by atoms with Gasteiger partial charge in [0.25, 0.3) is 0 Å². The van der Waals surface area contributed by atoms with Gasteiger partial charge in [0.2, 0.25) is 0 Å². The first kappa shape index (κ1) is 19.6. The van der Waals surface area contributed by atoms with Crippen LogP contribution in [0.3, 0.4) is 0 Å². The maximum absolute atomic E-state index is 12.3. The lowest BCUT2D eigenvalue weighted by Crippen LogP contribution is -2.43. The fourth-order valence-electron chi connectivity index (χ4n) is 3.53. The minimum atomic E-state index is -0.444. The van der Waals surface area contributed by atoms with Crippen molar-refractivity contribution in [3.8, 4) is 5.75 Å². The number of nitrogens with one attached hydrogen (secondary N) is 1. The molecular weight excluding hydrogens is 316 g/mol. The van der Waals surface area contributed by atoms with Crippen LogP contribution in [-0.4, -0.2) is 50.4 Å². The predicted octanol–water partition coefficient (Wildman–Crippen LogP) is 3.65. The van der Waals surface area contributed by atoms with Gasteiger partial charge < -0.3 is 19.7 Å². The Morgan fingerprint density at radius 2 is 1.92 bits per heavy atom. The highest BCUT2D eigenvalue weighted by atomic mass is 16.6. The van der Waals surface area contributed by atoms with Crippen molar-refractivity contribution in [2.45, 2.75) is 45.1 Å². The van der Waals surface area contributed by atoms with Gasteiger partial charge in [-0.1, -0.05) is 18.2 Å². The molecule has 1 atom stereocenters. The normalized spacial score (nSPS) is 17.2. The Balaban J connectivity index is 2.04. The number of para-hydroxylation sites is 1. The predicted molar refractivity (Wildman–Crippen MR) is 100 cm³/mol. The minimum absolute atomic E-state index is 0.201. The maximum Gasteiger partial charge on any atom is 0.410 e. The molecule has 1 aliphatic heterocycles. The maximum atomic E-state index is 12.3. The van der Waals surface area contributed by atoms with E-state index in [0.717, 1.165) is 38.2 Å². The highest BCUT2D eigenvalue weighted by Gasteiger charge is 2.32. The zero-order valence-electron chi connectivity index (χ0n) is 16.2. The Labute approximate surface area is 151 Å². The number of carbonyl (C=O) groups is 1. The molecule has 0 aliphatic carbocycles. The molecule has 0 radical (unpaired) electrons. The lowest BCUT2D eigenvalue weighted by atomic mass is 9.79. The third kappa shape index (κ3) is 5.36. The zero-order chi connectivity index (χ0) is 18.4. The largest absolute Gasteiger partial charge is 0.496 e. The van der Waals surface area contributed by atoms with Crippen LogP contribution in [0.5, 0.6) is 5.75 Å². The van der Waals surface area contributed by atoms with Crippen LogP contribution >= 0.6 is 0 Å². The molecule has 1 aliphatic rings. The first-order valence-corrected chi connectivity index (χ1v) is 9.11. The topological polar surface area (TPSA) is 50.8 Å². The van der Waals surface area contributed by atoms with Crippen molar-refractivity contribution in [3.63, 3.8) is 0 Å². The molecule has 1 amide bonds. The van der Waals surface area contributed by atoms with Gasteiger partial charge in [-0.25, -0.2) is 4.79 Å². The van der Waals surface area contributed by atoms with Gasteiger partial charge in [0.05, 0.1) is 7.11 Å². The summed E-state index contributed by atoms with van der Waals surface area (Å²) in [5.74, 6) is 1.83. The summed E-state index contributed by atoms with van der Waals surface area (Å²) < 4.78 is 11.1. The van der Waals surface area contributed by atoms with E-state index in [-0.39, 0.29) is 6.09 Å². The quantitative estimate of drug-likeness (QED) is 0.882. The summed E-state index contributed by atoms with van der Waals surface area (Å²) >= 11 is 0. The van der Waals surface area contributed by atoms with Crippen molar-refractivity contribution in [2.75, 3.05) is 33.8 Å². The minimum Gasteiger partial charge on any atom is -0.496 e. The van der Waals surface area contributed by atoms with E-state index in [2.05, 4.69) is 17.4 Å². The molecule has 25 heavy (non-hydrogen) atoms. The number of piperidine rings is 1. The van der Waals surface area contributed by atoms with Gasteiger partial charge in [-0.05, 0) is 58.2 Å². The Kier molecular flexibility index (Phi) is 6.71. The SMILES string of the molecule is CNCC(c1ccccc1OC)C1CCN(C(=O)OC(C)(C)C)CC1. The summed E-state index contributed by atoms with van der Waals surface area (Å²) in [7, 11) is 3.71. The number of ether oxygens (including phenoxy) is 2. The molecule has 5 nitrogen and oxygen atoms in total. The standard InChI is InChI=1S/C20H32N2O3/c1-20(2,3)25-19(23)22-12-10-15(11-13-22)17(14-21-4)16-8-6-7-9-18(16)24-5/h6-9,15,17,21H,10-14H2,1-5H3. The lowest BCUT2D eigenvalue weighted by Gasteiger charge is -2.37. The van der Waals surface area contributed by atoms with Crippen molar-refractivity contribution in [2.24, 2.45) is 5.92 Å². The van der Waals surface area contributed by atoms with E-state index in [1.807, 2.05) is 44.9 Å². The van der Waals surface area contributed by atoms with Crippen molar-refractivity contribution < 1.29 is 14.3 Å². The van der Waals surface area contributed by atoms with Gasteiger partial charge >= 0.3 is 6.09 Å². The van der Waals surface area contributed by atoms with Crippen LogP contribution in [-0.2, 0) is 4.74 Å². The summed E-state index contributed by atoms with van der Waals surface area (Å²) in [4.78, 5) is 14.1. The molecule has 1 N–H and O–H groups in total. The zero-order valence-corrected chi connectivity index (χ0v) is 16.2. The molecule has 0 spiro atoms. The molecule has 1 aromatic carbocycles.